The van der Waals surface area contributed by atoms with Crippen LogP contribution in [0, 0.1) is 5.92 Å². The lowest BCUT2D eigenvalue weighted by molar-refractivity contribution is 0.0593. The molecule has 2 unspecified atom stereocenters. The molecule has 0 saturated carbocycles. The van der Waals surface area contributed by atoms with Gasteiger partial charge in [0.2, 0.25) is 0 Å². The van der Waals surface area contributed by atoms with Crippen LogP contribution in [0.3, 0.4) is 0 Å². The van der Waals surface area contributed by atoms with Crippen molar-refractivity contribution in [3.05, 3.63) is 29.6 Å². The first-order chi connectivity index (χ1) is 9.63. The van der Waals surface area contributed by atoms with Crippen LogP contribution in [-0.4, -0.2) is 42.1 Å². The topological polar surface area (TPSA) is 68.5 Å². The number of esters is 1. The van der Waals surface area contributed by atoms with Crippen LogP contribution >= 0.6 is 0 Å². The molecule has 1 aromatic rings. The summed E-state index contributed by atoms with van der Waals surface area (Å²) in [5.74, 6) is 0.159. The van der Waals surface area contributed by atoms with Crippen molar-refractivity contribution in [2.24, 2.45) is 11.7 Å². The molecule has 5 nitrogen and oxygen atoms in total. The van der Waals surface area contributed by atoms with Gasteiger partial charge >= 0.3 is 5.97 Å². The van der Waals surface area contributed by atoms with Crippen molar-refractivity contribution in [3.8, 4) is 0 Å². The SMILES string of the molecule is CCC1CN(Cc2cccc(C(=O)OC)n2)CCC1N. The largest absolute Gasteiger partial charge is 0.464 e. The predicted molar refractivity (Wildman–Crippen MR) is 77.2 cm³/mol. The fourth-order valence-electron chi connectivity index (χ4n) is 2.72. The second kappa shape index (κ2) is 6.81. The van der Waals surface area contributed by atoms with Crippen LogP contribution in [0.5, 0.6) is 0 Å². The summed E-state index contributed by atoms with van der Waals surface area (Å²) in [4.78, 5) is 18.2. The van der Waals surface area contributed by atoms with E-state index < -0.39 is 0 Å². The molecular weight excluding hydrogens is 254 g/mol. The highest BCUT2D eigenvalue weighted by molar-refractivity contribution is 5.87. The van der Waals surface area contributed by atoms with Crippen molar-refractivity contribution in [1.82, 2.24) is 9.88 Å². The maximum Gasteiger partial charge on any atom is 0.356 e. The molecule has 2 heterocycles. The minimum Gasteiger partial charge on any atom is -0.464 e. The van der Waals surface area contributed by atoms with E-state index >= 15 is 0 Å². The molecule has 1 saturated heterocycles. The van der Waals surface area contributed by atoms with Gasteiger partial charge in [-0.25, -0.2) is 9.78 Å². The summed E-state index contributed by atoms with van der Waals surface area (Å²) in [6, 6.07) is 5.78. The third-order valence-corrected chi connectivity index (χ3v) is 3.99. The standard InChI is InChI=1S/C15H23N3O2/c1-3-11-9-18(8-7-13(11)16)10-12-5-4-6-14(17-12)15(19)20-2/h4-6,11,13H,3,7-10,16H2,1-2H3. The summed E-state index contributed by atoms with van der Waals surface area (Å²) >= 11 is 0. The van der Waals surface area contributed by atoms with Crippen LogP contribution in [0.1, 0.15) is 35.9 Å². The van der Waals surface area contributed by atoms with Gasteiger partial charge in [0.05, 0.1) is 12.8 Å². The van der Waals surface area contributed by atoms with Crippen LogP contribution in [0.2, 0.25) is 0 Å². The van der Waals surface area contributed by atoms with Gasteiger partial charge in [-0.15, -0.1) is 0 Å². The lowest BCUT2D eigenvalue weighted by Gasteiger charge is -2.36. The van der Waals surface area contributed by atoms with Gasteiger partial charge in [-0.05, 0) is 24.5 Å². The van der Waals surface area contributed by atoms with Gasteiger partial charge in [0.25, 0.3) is 0 Å². The number of carbonyl (C=O) groups is 1. The Morgan fingerprint density at radius 1 is 1.55 bits per heavy atom. The van der Waals surface area contributed by atoms with Crippen molar-refractivity contribution in [2.45, 2.75) is 32.4 Å². The summed E-state index contributed by atoms with van der Waals surface area (Å²) in [5.41, 5.74) is 7.39. The number of pyridine rings is 1. The second-order valence-electron chi connectivity index (χ2n) is 5.36. The van der Waals surface area contributed by atoms with Gasteiger partial charge in [0.15, 0.2) is 0 Å². The molecule has 0 aliphatic carbocycles. The maximum absolute atomic E-state index is 11.5. The van der Waals surface area contributed by atoms with Gasteiger partial charge in [-0.3, -0.25) is 4.90 Å². The number of likely N-dealkylation sites (tertiary alicyclic amines) is 1. The lowest BCUT2D eigenvalue weighted by Crippen LogP contribution is -2.46. The summed E-state index contributed by atoms with van der Waals surface area (Å²) in [7, 11) is 1.37. The first kappa shape index (κ1) is 14.9. The molecular formula is C15H23N3O2. The summed E-state index contributed by atoms with van der Waals surface area (Å²) in [6.45, 7) is 4.93. The quantitative estimate of drug-likeness (QED) is 0.843. The Bertz CT molecular complexity index is 464. The van der Waals surface area contributed by atoms with Gasteiger partial charge in [0.1, 0.15) is 5.69 Å². The molecule has 1 fully saturated rings. The molecule has 2 N–H and O–H groups in total. The highest BCUT2D eigenvalue weighted by Crippen LogP contribution is 2.20. The van der Waals surface area contributed by atoms with Gasteiger partial charge in [0, 0.05) is 25.7 Å². The smallest absolute Gasteiger partial charge is 0.356 e. The van der Waals surface area contributed by atoms with Crippen LogP contribution in [-0.2, 0) is 11.3 Å². The van der Waals surface area contributed by atoms with E-state index in [2.05, 4.69) is 16.8 Å². The van der Waals surface area contributed by atoms with Crippen LogP contribution < -0.4 is 5.73 Å². The summed E-state index contributed by atoms with van der Waals surface area (Å²) in [6.07, 6.45) is 2.13. The molecule has 0 amide bonds. The lowest BCUT2D eigenvalue weighted by atomic mass is 9.90. The van der Waals surface area contributed by atoms with E-state index in [9.17, 15) is 4.79 Å². The zero-order valence-electron chi connectivity index (χ0n) is 12.2. The van der Waals surface area contributed by atoms with E-state index in [0.29, 0.717) is 17.7 Å². The number of ether oxygens (including phenoxy) is 1. The number of nitrogens with two attached hydrogens (primary N) is 1. The Morgan fingerprint density at radius 2 is 2.35 bits per heavy atom. The molecule has 5 heteroatoms. The normalized spacial score (nSPS) is 23.6. The molecule has 20 heavy (non-hydrogen) atoms. The molecule has 2 rings (SSSR count). The fourth-order valence-corrected chi connectivity index (χ4v) is 2.72. The third kappa shape index (κ3) is 3.55. The maximum atomic E-state index is 11.5. The second-order valence-corrected chi connectivity index (χ2v) is 5.36. The molecule has 0 radical (unpaired) electrons. The molecule has 110 valence electrons. The Kier molecular flexibility index (Phi) is 5.09. The van der Waals surface area contributed by atoms with E-state index in [4.69, 9.17) is 10.5 Å². The monoisotopic (exact) mass is 277 g/mol. The highest BCUT2D eigenvalue weighted by Gasteiger charge is 2.25. The summed E-state index contributed by atoms with van der Waals surface area (Å²) in [5, 5.41) is 0. The molecule has 0 spiro atoms. The van der Waals surface area contributed by atoms with Gasteiger partial charge in [-0.2, -0.15) is 0 Å². The molecule has 1 aliphatic rings. The zero-order chi connectivity index (χ0) is 14.5. The first-order valence-corrected chi connectivity index (χ1v) is 7.16. The third-order valence-electron chi connectivity index (χ3n) is 3.99. The van der Waals surface area contributed by atoms with E-state index in [0.717, 1.165) is 38.2 Å². The number of hydrogen-bond donors (Lipinski definition) is 1. The van der Waals surface area contributed by atoms with Gasteiger partial charge < -0.3 is 10.5 Å². The van der Waals surface area contributed by atoms with Crippen LogP contribution in [0.15, 0.2) is 18.2 Å². The molecule has 1 aromatic heterocycles. The average Bonchev–Trinajstić information content (AvgIpc) is 2.48. The Morgan fingerprint density at radius 3 is 3.05 bits per heavy atom. The number of aromatic nitrogens is 1. The van der Waals surface area contributed by atoms with Crippen molar-refractivity contribution < 1.29 is 9.53 Å². The Labute approximate surface area is 120 Å². The number of piperidine rings is 1. The van der Waals surface area contributed by atoms with Crippen molar-refractivity contribution in [1.29, 1.82) is 0 Å². The van der Waals surface area contributed by atoms with E-state index in [1.807, 2.05) is 12.1 Å². The summed E-state index contributed by atoms with van der Waals surface area (Å²) < 4.78 is 4.70. The number of methoxy groups -OCH3 is 1. The number of carbonyl (C=O) groups excluding carboxylic acids is 1. The van der Waals surface area contributed by atoms with Gasteiger partial charge in [-0.1, -0.05) is 19.4 Å². The molecule has 0 bridgehead atoms. The minimum absolute atomic E-state index is 0.311. The van der Waals surface area contributed by atoms with E-state index in [1.54, 1.807) is 6.07 Å². The average molecular weight is 277 g/mol. The van der Waals surface area contributed by atoms with E-state index in [-0.39, 0.29) is 5.97 Å². The number of nitrogens with zero attached hydrogens (tertiary/aromatic N) is 2. The van der Waals surface area contributed by atoms with E-state index in [1.165, 1.54) is 7.11 Å². The molecule has 0 aromatic carbocycles. The van der Waals surface area contributed by atoms with Crippen molar-refractivity contribution in [2.75, 3.05) is 20.2 Å². The number of hydrogen-bond acceptors (Lipinski definition) is 5. The van der Waals surface area contributed by atoms with Crippen LogP contribution in [0.4, 0.5) is 0 Å². The van der Waals surface area contributed by atoms with Crippen molar-refractivity contribution >= 4 is 5.97 Å². The predicted octanol–water partition coefficient (Wildman–Crippen LogP) is 1.43. The highest BCUT2D eigenvalue weighted by atomic mass is 16.5. The van der Waals surface area contributed by atoms with Crippen LogP contribution in [0.25, 0.3) is 0 Å². The Hall–Kier alpha value is -1.46. The Balaban J connectivity index is 2.01. The van der Waals surface area contributed by atoms with Crippen molar-refractivity contribution in [3.63, 3.8) is 0 Å². The minimum atomic E-state index is -0.390. The molecule has 2 atom stereocenters. The molecule has 1 aliphatic heterocycles. The fraction of sp³-hybridized carbons (Fsp3) is 0.600. The number of rotatable bonds is 4. The zero-order valence-corrected chi connectivity index (χ0v) is 12.2. The first-order valence-electron chi connectivity index (χ1n) is 7.16.